The van der Waals surface area contributed by atoms with Crippen molar-refractivity contribution in [2.45, 2.75) is 18.7 Å². The van der Waals surface area contributed by atoms with Gasteiger partial charge in [-0.15, -0.1) is 0 Å². The molecule has 1 rings (SSSR count). The molecule has 7 heteroatoms. The highest BCUT2D eigenvalue weighted by molar-refractivity contribution is 7.85. The van der Waals surface area contributed by atoms with Gasteiger partial charge in [0.15, 0.2) is 0 Å². The summed E-state index contributed by atoms with van der Waals surface area (Å²) < 4.78 is 30.7. The fourth-order valence-corrected chi connectivity index (χ4v) is 1.64. The number of carbonyl (C=O) groups is 1. The van der Waals surface area contributed by atoms with E-state index in [0.717, 1.165) is 11.6 Å². The van der Waals surface area contributed by atoms with E-state index in [2.05, 4.69) is 10.6 Å². The number of urea groups is 1. The zero-order chi connectivity index (χ0) is 13.8. The molecule has 1 aromatic rings. The fraction of sp³-hybridized carbons (Fsp3) is 0.182. The number of rotatable bonds is 3. The molecule has 0 saturated carbocycles. The van der Waals surface area contributed by atoms with Crippen LogP contribution in [0.2, 0.25) is 0 Å². The lowest BCUT2D eigenvalue weighted by Gasteiger charge is -2.06. The number of benzene rings is 1. The third kappa shape index (κ3) is 4.56. The second kappa shape index (κ2) is 5.65. The van der Waals surface area contributed by atoms with Crippen LogP contribution in [0.3, 0.4) is 0 Å². The Morgan fingerprint density at radius 3 is 2.56 bits per heavy atom. The van der Waals surface area contributed by atoms with Crippen molar-refractivity contribution in [3.8, 4) is 0 Å². The van der Waals surface area contributed by atoms with Gasteiger partial charge in [-0.1, -0.05) is 11.6 Å². The summed E-state index contributed by atoms with van der Waals surface area (Å²) in [6.45, 7) is 3.64. The molecule has 0 aliphatic rings. The van der Waals surface area contributed by atoms with Crippen molar-refractivity contribution in [3.05, 3.63) is 36.0 Å². The molecule has 0 unspecified atom stereocenters. The minimum Gasteiger partial charge on any atom is -0.314 e. The van der Waals surface area contributed by atoms with Crippen molar-refractivity contribution >= 4 is 21.8 Å². The minimum absolute atomic E-state index is 0.268. The highest BCUT2D eigenvalue weighted by atomic mass is 32.2. The van der Waals surface area contributed by atoms with Crippen molar-refractivity contribution in [3.63, 3.8) is 0 Å². The van der Waals surface area contributed by atoms with Crippen LogP contribution < -0.4 is 10.6 Å². The zero-order valence-corrected chi connectivity index (χ0v) is 10.8. The second-order valence-corrected chi connectivity index (χ2v) is 5.24. The summed E-state index contributed by atoms with van der Waals surface area (Å²) in [5, 5.41) is 4.90. The van der Waals surface area contributed by atoms with Crippen molar-refractivity contribution < 1.29 is 17.8 Å². The highest BCUT2D eigenvalue weighted by Gasteiger charge is 2.10. The van der Waals surface area contributed by atoms with Gasteiger partial charge in [0.05, 0.1) is 4.90 Å². The van der Waals surface area contributed by atoms with Crippen molar-refractivity contribution in [1.29, 1.82) is 0 Å². The molecule has 6 nitrogen and oxygen atoms in total. The Morgan fingerprint density at radius 2 is 2.00 bits per heavy atom. The first-order valence-corrected chi connectivity index (χ1v) is 6.51. The topological polar surface area (TPSA) is 95.5 Å². The molecule has 0 fully saturated rings. The number of anilines is 1. The summed E-state index contributed by atoms with van der Waals surface area (Å²) in [7, 11) is -4.27. The smallest absolute Gasteiger partial charge is 0.314 e. The molecule has 1 aromatic carbocycles. The number of hydrogen-bond acceptors (Lipinski definition) is 3. The summed E-state index contributed by atoms with van der Waals surface area (Å²) in [6.07, 6.45) is 1.52. The van der Waals surface area contributed by atoms with Crippen LogP contribution in [0.4, 0.5) is 10.5 Å². The van der Waals surface area contributed by atoms with Crippen LogP contribution in [0.1, 0.15) is 13.8 Å². The molecular formula is C11H14N2O4S. The molecule has 2 amide bonds. The van der Waals surface area contributed by atoms with Gasteiger partial charge in [-0.2, -0.15) is 8.42 Å². The molecule has 0 spiro atoms. The standard InChI is InChI=1S/C11H14N2O4S/c1-8(2)7-12-11(14)13-9-4-3-5-10(6-9)18(15,16)17/h3-7H,1-2H3,(H2,12,13,14)(H,15,16,17). The highest BCUT2D eigenvalue weighted by Crippen LogP contribution is 2.14. The van der Waals surface area contributed by atoms with Gasteiger partial charge in [0.25, 0.3) is 10.1 Å². The summed E-state index contributed by atoms with van der Waals surface area (Å²) in [6, 6.07) is 4.83. The molecule has 0 heterocycles. The lowest BCUT2D eigenvalue weighted by Crippen LogP contribution is -2.24. The summed E-state index contributed by atoms with van der Waals surface area (Å²) in [4.78, 5) is 11.1. The van der Waals surface area contributed by atoms with E-state index >= 15 is 0 Å². The van der Waals surface area contributed by atoms with Gasteiger partial charge in [0.1, 0.15) is 0 Å². The van der Waals surface area contributed by atoms with Crippen LogP contribution in [-0.2, 0) is 10.1 Å². The maximum atomic E-state index is 11.4. The first-order chi connectivity index (χ1) is 8.29. The molecule has 0 aliphatic carbocycles. The molecule has 0 aromatic heterocycles. The van der Waals surface area contributed by atoms with E-state index in [-0.39, 0.29) is 10.6 Å². The molecule has 0 saturated heterocycles. The summed E-state index contributed by atoms with van der Waals surface area (Å²) in [5.74, 6) is 0. The van der Waals surface area contributed by atoms with Crippen LogP contribution in [0.25, 0.3) is 0 Å². The maximum absolute atomic E-state index is 11.4. The maximum Gasteiger partial charge on any atom is 0.323 e. The Hall–Kier alpha value is -1.86. The largest absolute Gasteiger partial charge is 0.323 e. The van der Waals surface area contributed by atoms with Crippen molar-refractivity contribution in [2.24, 2.45) is 0 Å². The van der Waals surface area contributed by atoms with E-state index < -0.39 is 16.1 Å². The van der Waals surface area contributed by atoms with Crippen LogP contribution >= 0.6 is 0 Å². The second-order valence-electron chi connectivity index (χ2n) is 3.82. The summed E-state index contributed by atoms with van der Waals surface area (Å²) >= 11 is 0. The molecule has 98 valence electrons. The average molecular weight is 270 g/mol. The molecule has 3 N–H and O–H groups in total. The lowest BCUT2D eigenvalue weighted by atomic mass is 10.3. The monoisotopic (exact) mass is 270 g/mol. The van der Waals surface area contributed by atoms with E-state index in [4.69, 9.17) is 4.55 Å². The molecule has 18 heavy (non-hydrogen) atoms. The Labute approximate surface area is 105 Å². The van der Waals surface area contributed by atoms with Gasteiger partial charge >= 0.3 is 6.03 Å². The Morgan fingerprint density at radius 1 is 1.33 bits per heavy atom. The Balaban J connectivity index is 2.80. The van der Waals surface area contributed by atoms with E-state index in [0.29, 0.717) is 0 Å². The predicted molar refractivity (Wildman–Crippen MR) is 67.8 cm³/mol. The molecular weight excluding hydrogens is 256 g/mol. The molecule has 0 bridgehead atoms. The van der Waals surface area contributed by atoms with Crippen LogP contribution in [0, 0.1) is 0 Å². The third-order valence-corrected chi connectivity index (χ3v) is 2.73. The first-order valence-electron chi connectivity index (χ1n) is 5.07. The van der Waals surface area contributed by atoms with E-state index in [1.807, 2.05) is 13.8 Å². The molecule has 0 atom stereocenters. The quantitative estimate of drug-likeness (QED) is 0.732. The van der Waals surface area contributed by atoms with E-state index in [9.17, 15) is 13.2 Å². The third-order valence-electron chi connectivity index (χ3n) is 1.88. The van der Waals surface area contributed by atoms with Gasteiger partial charge < -0.3 is 10.6 Å². The van der Waals surface area contributed by atoms with Gasteiger partial charge in [0, 0.05) is 11.9 Å². The fourth-order valence-electron chi connectivity index (χ4n) is 1.11. The number of allylic oxidation sites excluding steroid dienone is 1. The minimum atomic E-state index is -4.27. The van der Waals surface area contributed by atoms with Crippen molar-refractivity contribution in [2.75, 3.05) is 5.32 Å². The van der Waals surface area contributed by atoms with Crippen molar-refractivity contribution in [1.82, 2.24) is 5.32 Å². The van der Waals surface area contributed by atoms with Gasteiger partial charge in [0.2, 0.25) is 0 Å². The number of carbonyl (C=O) groups excluding carboxylic acids is 1. The number of hydrogen-bond donors (Lipinski definition) is 3. The normalized spacial score (nSPS) is 10.6. The van der Waals surface area contributed by atoms with Gasteiger partial charge in [-0.25, -0.2) is 4.79 Å². The van der Waals surface area contributed by atoms with E-state index in [1.165, 1.54) is 24.4 Å². The lowest BCUT2D eigenvalue weighted by molar-refractivity contribution is 0.255. The van der Waals surface area contributed by atoms with E-state index in [1.54, 1.807) is 0 Å². The van der Waals surface area contributed by atoms with Crippen LogP contribution in [-0.4, -0.2) is 19.0 Å². The van der Waals surface area contributed by atoms with Gasteiger partial charge in [-0.05, 0) is 32.0 Å². The Bertz CT molecular complexity index is 574. The van der Waals surface area contributed by atoms with Crippen LogP contribution in [0.5, 0.6) is 0 Å². The Kier molecular flexibility index (Phi) is 4.46. The number of nitrogens with one attached hydrogen (secondary N) is 2. The number of amides is 2. The SMILES string of the molecule is CC(C)=CNC(=O)Nc1cccc(S(=O)(=O)O)c1. The summed E-state index contributed by atoms with van der Waals surface area (Å²) in [5.41, 5.74) is 1.18. The first kappa shape index (κ1) is 14.2. The predicted octanol–water partition coefficient (Wildman–Crippen LogP) is 1.98. The van der Waals surface area contributed by atoms with Crippen LogP contribution in [0.15, 0.2) is 40.9 Å². The van der Waals surface area contributed by atoms with Gasteiger partial charge in [-0.3, -0.25) is 4.55 Å². The average Bonchev–Trinajstić information content (AvgIpc) is 2.25. The molecule has 0 aliphatic heterocycles. The molecule has 0 radical (unpaired) electrons. The zero-order valence-electron chi connectivity index (χ0n) is 9.97.